The number of alkyl halides is 2. The van der Waals surface area contributed by atoms with Gasteiger partial charge in [-0.1, -0.05) is 18.2 Å². The van der Waals surface area contributed by atoms with E-state index >= 15 is 0 Å². The summed E-state index contributed by atoms with van der Waals surface area (Å²) < 4.78 is 35.1. The summed E-state index contributed by atoms with van der Waals surface area (Å²) >= 11 is 0. The Morgan fingerprint density at radius 1 is 1.23 bits per heavy atom. The molecule has 3 aromatic rings. The zero-order valence-electron chi connectivity index (χ0n) is 23.2. The number of nitrogens with zero attached hydrogens (tertiary/aromatic N) is 5. The fourth-order valence-electron chi connectivity index (χ4n) is 5.87. The molecule has 10 nitrogen and oxygen atoms in total. The number of nitrogens with two attached hydrogens (primary N) is 2. The first kappa shape index (κ1) is 27.6. The molecule has 0 atom stereocenters. The number of rotatable bonds is 6. The number of nitrogen functional groups attached to an aromatic ring is 1. The maximum atomic E-state index is 13.1. The van der Waals surface area contributed by atoms with Gasteiger partial charge in [0, 0.05) is 30.4 Å². The van der Waals surface area contributed by atoms with Gasteiger partial charge in [0.25, 0.3) is 12.3 Å². The lowest BCUT2D eigenvalue weighted by atomic mass is 9.65. The van der Waals surface area contributed by atoms with Crippen molar-refractivity contribution < 1.29 is 23.1 Å². The monoisotopic (exact) mass is 555 g/mol. The Labute approximate surface area is 231 Å². The van der Waals surface area contributed by atoms with Crippen LogP contribution in [-0.4, -0.2) is 55.2 Å². The Morgan fingerprint density at radius 2 is 1.95 bits per heavy atom. The van der Waals surface area contributed by atoms with Crippen LogP contribution >= 0.6 is 0 Å². The zero-order chi connectivity index (χ0) is 29.0. The van der Waals surface area contributed by atoms with Crippen molar-refractivity contribution in [3.63, 3.8) is 0 Å². The average molecular weight is 556 g/mol. The van der Waals surface area contributed by atoms with Crippen LogP contribution < -0.4 is 11.5 Å². The van der Waals surface area contributed by atoms with Crippen molar-refractivity contribution in [3.05, 3.63) is 52.8 Å². The van der Waals surface area contributed by atoms with Gasteiger partial charge in [-0.25, -0.2) is 18.3 Å². The van der Waals surface area contributed by atoms with E-state index in [0.717, 1.165) is 19.3 Å². The van der Waals surface area contributed by atoms with Crippen LogP contribution in [0.1, 0.15) is 79.7 Å². The van der Waals surface area contributed by atoms with Gasteiger partial charge < -0.3 is 21.1 Å². The number of aryl methyl sites for hydroxylation is 1. The van der Waals surface area contributed by atoms with Crippen molar-refractivity contribution in [1.29, 1.82) is 0 Å². The molecule has 214 valence electrons. The number of aromatic nitrogens is 4. The van der Waals surface area contributed by atoms with Gasteiger partial charge in [0.05, 0.1) is 18.3 Å². The Morgan fingerprint density at radius 3 is 2.60 bits per heavy atom. The van der Waals surface area contributed by atoms with Crippen LogP contribution in [0.3, 0.4) is 0 Å². The van der Waals surface area contributed by atoms with Gasteiger partial charge in [-0.3, -0.25) is 9.48 Å². The van der Waals surface area contributed by atoms with Gasteiger partial charge >= 0.3 is 6.09 Å². The zero-order valence-corrected chi connectivity index (χ0v) is 23.2. The molecule has 3 heterocycles. The highest BCUT2D eigenvalue weighted by Gasteiger charge is 2.51. The largest absolute Gasteiger partial charge is 0.444 e. The minimum absolute atomic E-state index is 0.0411. The van der Waals surface area contributed by atoms with Crippen LogP contribution in [0.5, 0.6) is 0 Å². The van der Waals surface area contributed by atoms with Gasteiger partial charge in [-0.2, -0.15) is 10.2 Å². The molecule has 0 unspecified atom stereocenters. The lowest BCUT2D eigenvalue weighted by molar-refractivity contribution is 0.0187. The van der Waals surface area contributed by atoms with Gasteiger partial charge in [0.15, 0.2) is 0 Å². The van der Waals surface area contributed by atoms with Gasteiger partial charge in [0.1, 0.15) is 22.7 Å². The number of likely N-dealkylation sites (tertiary alicyclic amines) is 1. The van der Waals surface area contributed by atoms with E-state index in [4.69, 9.17) is 21.3 Å². The first-order valence-corrected chi connectivity index (χ1v) is 13.3. The van der Waals surface area contributed by atoms with E-state index in [9.17, 15) is 18.4 Å². The molecule has 2 amide bonds. The fraction of sp³-hybridized carbons (Fsp3) is 0.500. The standard InChI is InChI=1S/C28H35F2N7O3/c1-16-20(14-36(33-16)13-17-6-5-7-18(10-17)23(29)30)22-21(25(32)38)24(31)37(34-22)19-11-28(12-19)8-9-35(15-28)26(39)40-27(2,3)4/h5-7,10,14,19,23H,8-9,11-13,15,31H2,1-4H3,(H2,32,38)/t19-,28-. The number of halogens is 2. The lowest BCUT2D eigenvalue weighted by Crippen LogP contribution is -2.43. The SMILES string of the molecule is Cc1nn(Cc2cccc(C(F)F)c2)cc1-c1nn([C@H]2C[C@@]3(CCN(C(=O)OC(C)(C)C)C3)C2)c(N)c1C(N)=O. The Hall–Kier alpha value is -3.96. The summed E-state index contributed by atoms with van der Waals surface area (Å²) in [6, 6.07) is 6.13. The average Bonchev–Trinajstić information content (AvgIpc) is 3.52. The second-order valence-corrected chi connectivity index (χ2v) is 12.0. The van der Waals surface area contributed by atoms with Crippen molar-refractivity contribution in [2.24, 2.45) is 11.1 Å². The van der Waals surface area contributed by atoms with Crippen molar-refractivity contribution >= 4 is 17.8 Å². The first-order chi connectivity index (χ1) is 18.7. The minimum atomic E-state index is -2.56. The number of carbonyl (C=O) groups is 2. The molecule has 5 rings (SSSR count). The molecular formula is C28H35F2N7O3. The molecule has 1 aromatic carbocycles. The molecule has 2 aromatic heterocycles. The molecule has 1 aliphatic carbocycles. The van der Waals surface area contributed by atoms with Crippen LogP contribution in [0.2, 0.25) is 0 Å². The number of benzene rings is 1. The van der Waals surface area contributed by atoms with Crippen molar-refractivity contribution in [2.75, 3.05) is 18.8 Å². The highest BCUT2D eigenvalue weighted by Crippen LogP contribution is 2.55. The predicted molar refractivity (Wildman–Crippen MR) is 145 cm³/mol. The molecule has 4 N–H and O–H groups in total. The molecule has 2 fully saturated rings. The number of amides is 2. The third-order valence-electron chi connectivity index (χ3n) is 7.72. The lowest BCUT2D eigenvalue weighted by Gasteiger charge is -2.45. The third-order valence-corrected chi connectivity index (χ3v) is 7.72. The highest BCUT2D eigenvalue weighted by atomic mass is 19.3. The summed E-state index contributed by atoms with van der Waals surface area (Å²) in [4.78, 5) is 26.8. The molecule has 1 spiro atoms. The second-order valence-electron chi connectivity index (χ2n) is 12.0. The van der Waals surface area contributed by atoms with E-state index in [1.54, 1.807) is 39.5 Å². The number of ether oxygens (including phenoxy) is 1. The molecular weight excluding hydrogens is 520 g/mol. The minimum Gasteiger partial charge on any atom is -0.444 e. The molecule has 40 heavy (non-hydrogen) atoms. The number of hydrogen-bond donors (Lipinski definition) is 2. The van der Waals surface area contributed by atoms with Crippen LogP contribution in [0.25, 0.3) is 11.3 Å². The molecule has 1 saturated carbocycles. The van der Waals surface area contributed by atoms with E-state index < -0.39 is 17.9 Å². The molecule has 1 aliphatic heterocycles. The number of hydrogen-bond acceptors (Lipinski definition) is 6. The maximum Gasteiger partial charge on any atom is 0.410 e. The van der Waals surface area contributed by atoms with Gasteiger partial charge in [0.2, 0.25) is 0 Å². The summed E-state index contributed by atoms with van der Waals surface area (Å²) in [5.41, 5.74) is 13.9. The molecule has 2 aliphatic rings. The van der Waals surface area contributed by atoms with E-state index in [-0.39, 0.29) is 41.0 Å². The smallest absolute Gasteiger partial charge is 0.410 e. The second kappa shape index (κ2) is 9.90. The first-order valence-electron chi connectivity index (χ1n) is 13.3. The summed E-state index contributed by atoms with van der Waals surface area (Å²) in [5.74, 6) is -0.498. The molecule has 1 saturated heterocycles. The third kappa shape index (κ3) is 5.26. The van der Waals surface area contributed by atoms with Crippen LogP contribution in [0, 0.1) is 12.3 Å². The van der Waals surface area contributed by atoms with Crippen LogP contribution in [0.4, 0.5) is 19.4 Å². The summed E-state index contributed by atoms with van der Waals surface area (Å²) in [7, 11) is 0. The van der Waals surface area contributed by atoms with Crippen molar-refractivity contribution in [2.45, 2.75) is 71.6 Å². The van der Waals surface area contributed by atoms with E-state index in [1.807, 2.05) is 20.8 Å². The Kier molecular flexibility index (Phi) is 6.83. The van der Waals surface area contributed by atoms with Crippen molar-refractivity contribution in [3.8, 4) is 11.3 Å². The predicted octanol–water partition coefficient (Wildman–Crippen LogP) is 4.68. The van der Waals surface area contributed by atoms with Crippen LogP contribution in [-0.2, 0) is 11.3 Å². The number of carbonyl (C=O) groups excluding carboxylic acids is 2. The maximum absolute atomic E-state index is 13.1. The summed E-state index contributed by atoms with van der Waals surface area (Å²) in [5, 5.41) is 9.25. The number of primary amides is 1. The summed E-state index contributed by atoms with van der Waals surface area (Å²) in [6.07, 6.45) is 1.23. The van der Waals surface area contributed by atoms with Crippen LogP contribution in [0.15, 0.2) is 30.5 Å². The van der Waals surface area contributed by atoms with E-state index in [1.165, 1.54) is 12.1 Å². The number of anilines is 1. The Balaban J connectivity index is 1.35. The van der Waals surface area contributed by atoms with E-state index in [2.05, 4.69) is 5.10 Å². The summed E-state index contributed by atoms with van der Waals surface area (Å²) in [6.45, 7) is 8.83. The van der Waals surface area contributed by atoms with Gasteiger partial charge in [-0.05, 0) is 64.0 Å². The highest BCUT2D eigenvalue weighted by molar-refractivity contribution is 6.03. The quantitative estimate of drug-likeness (QED) is 0.453. The fourth-order valence-corrected chi connectivity index (χ4v) is 5.87. The topological polar surface area (TPSA) is 134 Å². The van der Waals surface area contributed by atoms with Crippen molar-refractivity contribution in [1.82, 2.24) is 24.5 Å². The molecule has 0 bridgehead atoms. The van der Waals surface area contributed by atoms with E-state index in [0.29, 0.717) is 35.6 Å². The van der Waals surface area contributed by atoms with Gasteiger partial charge in [-0.15, -0.1) is 0 Å². The Bertz CT molecular complexity index is 1450. The normalized spacial score (nSPS) is 20.8. The molecule has 0 radical (unpaired) electrons. The molecule has 12 heteroatoms.